The predicted molar refractivity (Wildman–Crippen MR) is 102 cm³/mol. The lowest BCUT2D eigenvalue weighted by Crippen LogP contribution is -2.47. The lowest BCUT2D eigenvalue weighted by molar-refractivity contribution is -0.138. The molecule has 9 heteroatoms. The quantitative estimate of drug-likeness (QED) is 0.403. The first-order valence-electron chi connectivity index (χ1n) is 8.29. The summed E-state index contributed by atoms with van der Waals surface area (Å²) in [5, 5.41) is 0.332. The van der Waals surface area contributed by atoms with Crippen molar-refractivity contribution < 1.29 is 27.5 Å². The number of amides is 2. The minimum atomic E-state index is -3.44. The van der Waals surface area contributed by atoms with E-state index >= 15 is 0 Å². The van der Waals surface area contributed by atoms with Gasteiger partial charge in [0.25, 0.3) is 11.8 Å². The van der Waals surface area contributed by atoms with Gasteiger partial charge in [0.1, 0.15) is 21.6 Å². The summed E-state index contributed by atoms with van der Waals surface area (Å²) < 4.78 is 28.5. The third-order valence-corrected chi connectivity index (χ3v) is 5.40. The smallest absolute Gasteiger partial charge is 0.334 e. The van der Waals surface area contributed by atoms with Crippen LogP contribution in [0.15, 0.2) is 48.5 Å². The van der Waals surface area contributed by atoms with Gasteiger partial charge >= 0.3 is 5.97 Å². The zero-order valence-corrected chi connectivity index (χ0v) is 16.4. The molecule has 28 heavy (non-hydrogen) atoms. The van der Waals surface area contributed by atoms with Crippen LogP contribution in [-0.4, -0.2) is 49.2 Å². The highest BCUT2D eigenvalue weighted by Crippen LogP contribution is 2.27. The molecule has 2 aromatic carbocycles. The van der Waals surface area contributed by atoms with Gasteiger partial charge in [0.15, 0.2) is 0 Å². The SMILES string of the molecule is CS(=O)(=O)CCC(C(=O)Oc1cccc(Cl)c1)N1C(=O)c2ccccc2C1=O. The molecule has 1 heterocycles. The Morgan fingerprint density at radius 1 is 1.07 bits per heavy atom. The second kappa shape index (κ2) is 7.73. The molecule has 1 aliphatic heterocycles. The highest BCUT2D eigenvalue weighted by atomic mass is 35.5. The Bertz CT molecular complexity index is 1030. The van der Waals surface area contributed by atoms with Gasteiger partial charge < -0.3 is 4.74 Å². The number of hydrogen-bond donors (Lipinski definition) is 0. The van der Waals surface area contributed by atoms with E-state index in [0.717, 1.165) is 11.2 Å². The van der Waals surface area contributed by atoms with Crippen molar-refractivity contribution in [3.8, 4) is 5.75 Å². The van der Waals surface area contributed by atoms with E-state index in [1.165, 1.54) is 24.3 Å². The Kier molecular flexibility index (Phi) is 5.53. The van der Waals surface area contributed by atoms with Crippen molar-refractivity contribution in [2.75, 3.05) is 12.0 Å². The van der Waals surface area contributed by atoms with Crippen molar-refractivity contribution in [3.63, 3.8) is 0 Å². The predicted octanol–water partition coefficient (Wildman–Crippen LogP) is 2.34. The van der Waals surface area contributed by atoms with Gasteiger partial charge in [-0.3, -0.25) is 14.5 Å². The molecule has 0 spiro atoms. The lowest BCUT2D eigenvalue weighted by Gasteiger charge is -2.24. The molecule has 0 radical (unpaired) electrons. The van der Waals surface area contributed by atoms with E-state index in [2.05, 4.69) is 0 Å². The van der Waals surface area contributed by atoms with Gasteiger partial charge in [-0.2, -0.15) is 0 Å². The summed E-state index contributed by atoms with van der Waals surface area (Å²) in [6, 6.07) is 10.8. The van der Waals surface area contributed by atoms with Gasteiger partial charge in [0, 0.05) is 11.3 Å². The molecule has 0 fully saturated rings. The standard InChI is InChI=1S/C19H16ClNO6S/c1-28(25,26)10-9-16(19(24)27-13-6-4-5-12(20)11-13)21-17(22)14-7-2-3-8-15(14)18(21)23/h2-8,11,16H,9-10H2,1H3. The second-order valence-electron chi connectivity index (χ2n) is 6.34. The molecule has 1 aliphatic rings. The summed E-state index contributed by atoms with van der Waals surface area (Å²) in [5.74, 6) is -2.52. The van der Waals surface area contributed by atoms with Gasteiger partial charge in [-0.15, -0.1) is 0 Å². The van der Waals surface area contributed by atoms with Gasteiger partial charge in [-0.25, -0.2) is 13.2 Å². The van der Waals surface area contributed by atoms with E-state index in [9.17, 15) is 22.8 Å². The average molecular weight is 422 g/mol. The van der Waals surface area contributed by atoms with E-state index in [4.69, 9.17) is 16.3 Å². The van der Waals surface area contributed by atoms with Gasteiger partial charge in [-0.05, 0) is 36.8 Å². The minimum Gasteiger partial charge on any atom is -0.425 e. The number of nitrogens with zero attached hydrogens (tertiary/aromatic N) is 1. The number of rotatable bonds is 6. The Morgan fingerprint density at radius 2 is 1.68 bits per heavy atom. The molecule has 0 bridgehead atoms. The summed E-state index contributed by atoms with van der Waals surface area (Å²) in [6.07, 6.45) is 0.735. The molecule has 1 unspecified atom stereocenters. The van der Waals surface area contributed by atoms with Crippen LogP contribution in [0, 0.1) is 0 Å². The molecule has 2 amide bonds. The maximum Gasteiger partial charge on any atom is 0.334 e. The average Bonchev–Trinajstić information content (AvgIpc) is 2.86. The van der Waals surface area contributed by atoms with Gasteiger partial charge in [0.05, 0.1) is 16.9 Å². The topological polar surface area (TPSA) is 97.8 Å². The maximum atomic E-state index is 12.8. The molecule has 7 nitrogen and oxygen atoms in total. The molecule has 2 aromatic rings. The fourth-order valence-corrected chi connectivity index (χ4v) is 3.72. The molecular weight excluding hydrogens is 406 g/mol. The Morgan fingerprint density at radius 3 is 2.21 bits per heavy atom. The van der Waals surface area contributed by atoms with Gasteiger partial charge in [0.2, 0.25) is 0 Å². The lowest BCUT2D eigenvalue weighted by atomic mass is 10.1. The molecule has 146 valence electrons. The summed E-state index contributed by atoms with van der Waals surface area (Å²) in [7, 11) is -3.44. The summed E-state index contributed by atoms with van der Waals surface area (Å²) in [6.45, 7) is 0. The number of imide groups is 1. The van der Waals surface area contributed by atoms with Crippen LogP contribution in [0.1, 0.15) is 27.1 Å². The molecule has 0 aliphatic carbocycles. The number of benzene rings is 2. The van der Waals surface area contributed by atoms with E-state index in [0.29, 0.717) is 5.02 Å². The Hall–Kier alpha value is -2.71. The van der Waals surface area contributed by atoms with Crippen molar-refractivity contribution in [2.45, 2.75) is 12.5 Å². The molecule has 0 N–H and O–H groups in total. The third-order valence-electron chi connectivity index (χ3n) is 4.19. The van der Waals surface area contributed by atoms with Crippen molar-refractivity contribution in [1.29, 1.82) is 0 Å². The molecule has 0 aromatic heterocycles. The number of sulfone groups is 1. The number of hydrogen-bond acceptors (Lipinski definition) is 6. The maximum absolute atomic E-state index is 12.8. The normalized spacial score (nSPS) is 14.7. The zero-order valence-electron chi connectivity index (χ0n) is 14.8. The van der Waals surface area contributed by atoms with Crippen LogP contribution in [0.5, 0.6) is 5.75 Å². The Balaban J connectivity index is 1.92. The van der Waals surface area contributed by atoms with Crippen molar-refractivity contribution >= 4 is 39.2 Å². The molecule has 0 saturated carbocycles. The van der Waals surface area contributed by atoms with E-state index in [-0.39, 0.29) is 23.3 Å². The van der Waals surface area contributed by atoms with Crippen LogP contribution in [-0.2, 0) is 14.6 Å². The van der Waals surface area contributed by atoms with E-state index in [1.807, 2.05) is 0 Å². The van der Waals surface area contributed by atoms with Crippen LogP contribution in [0.2, 0.25) is 5.02 Å². The first-order valence-corrected chi connectivity index (χ1v) is 10.7. The molecule has 1 atom stereocenters. The van der Waals surface area contributed by atoms with E-state index in [1.54, 1.807) is 24.3 Å². The third kappa shape index (κ3) is 4.23. The molecular formula is C19H16ClNO6S. The number of esters is 1. The number of fused-ring (bicyclic) bond motifs is 1. The van der Waals surface area contributed by atoms with Crippen molar-refractivity contribution in [3.05, 3.63) is 64.7 Å². The van der Waals surface area contributed by atoms with Crippen LogP contribution < -0.4 is 4.74 Å². The van der Waals surface area contributed by atoms with Crippen molar-refractivity contribution in [2.24, 2.45) is 0 Å². The number of ether oxygens (including phenoxy) is 1. The van der Waals surface area contributed by atoms with Crippen LogP contribution in [0.25, 0.3) is 0 Å². The second-order valence-corrected chi connectivity index (χ2v) is 9.03. The minimum absolute atomic E-state index is 0.124. The fourth-order valence-electron chi connectivity index (χ4n) is 2.88. The first kappa shape index (κ1) is 20.0. The number of halogens is 1. The number of carbonyl (C=O) groups excluding carboxylic acids is 3. The number of carbonyl (C=O) groups is 3. The molecule has 0 saturated heterocycles. The first-order chi connectivity index (χ1) is 13.2. The fraction of sp³-hybridized carbons (Fsp3) is 0.211. The molecule has 3 rings (SSSR count). The van der Waals surface area contributed by atoms with E-state index < -0.39 is 39.4 Å². The summed E-state index contributed by atoms with van der Waals surface area (Å²) >= 11 is 5.87. The summed E-state index contributed by atoms with van der Waals surface area (Å²) in [5.41, 5.74) is 0.319. The Labute approximate surface area is 166 Å². The zero-order chi connectivity index (χ0) is 20.5. The van der Waals surface area contributed by atoms with Crippen LogP contribution >= 0.6 is 11.6 Å². The summed E-state index contributed by atoms with van der Waals surface area (Å²) in [4.78, 5) is 39.0. The highest BCUT2D eigenvalue weighted by Gasteiger charge is 2.43. The van der Waals surface area contributed by atoms with Crippen LogP contribution in [0.3, 0.4) is 0 Å². The largest absolute Gasteiger partial charge is 0.425 e. The van der Waals surface area contributed by atoms with Crippen molar-refractivity contribution in [1.82, 2.24) is 4.90 Å². The van der Waals surface area contributed by atoms with Crippen LogP contribution in [0.4, 0.5) is 0 Å². The highest BCUT2D eigenvalue weighted by molar-refractivity contribution is 7.90. The van der Waals surface area contributed by atoms with Gasteiger partial charge in [-0.1, -0.05) is 29.8 Å². The monoisotopic (exact) mass is 421 g/mol.